The first kappa shape index (κ1) is 10.9. The Labute approximate surface area is 86.1 Å². The third kappa shape index (κ3) is 3.22. The molecule has 0 bridgehead atoms. The second kappa shape index (κ2) is 4.90. The molecule has 0 aromatic heterocycles. The van der Waals surface area contributed by atoms with E-state index in [0.717, 1.165) is 0 Å². The predicted molar refractivity (Wildman–Crippen MR) is 52.5 cm³/mol. The minimum Gasteiger partial charge on any atom is -0.465 e. The van der Waals surface area contributed by atoms with Gasteiger partial charge in [-0.25, -0.2) is 4.79 Å². The SMILES string of the molecule is COC(=O)c1ccc(C=[C-][N+](=O)[O-])cc1. The molecule has 5 heteroatoms. The molecule has 0 fully saturated rings. The van der Waals surface area contributed by atoms with Gasteiger partial charge in [-0.3, -0.25) is 10.1 Å². The van der Waals surface area contributed by atoms with E-state index in [4.69, 9.17) is 0 Å². The summed E-state index contributed by atoms with van der Waals surface area (Å²) in [5, 5.41) is 9.98. The van der Waals surface area contributed by atoms with Crippen LogP contribution in [0.2, 0.25) is 0 Å². The highest BCUT2D eigenvalue weighted by molar-refractivity contribution is 5.89. The fourth-order valence-electron chi connectivity index (χ4n) is 0.961. The van der Waals surface area contributed by atoms with Crippen LogP contribution in [0.4, 0.5) is 0 Å². The number of ether oxygens (including phenoxy) is 1. The minimum absolute atomic E-state index is 0.399. The van der Waals surface area contributed by atoms with E-state index >= 15 is 0 Å². The quantitative estimate of drug-likeness (QED) is 0.247. The molecule has 0 atom stereocenters. The van der Waals surface area contributed by atoms with E-state index in [0.29, 0.717) is 11.1 Å². The standard InChI is InChI=1S/C10H8NO4/c1-15-10(12)9-4-2-8(3-5-9)6-7-11(13)14/h2-6H,1H3/q-1. The van der Waals surface area contributed by atoms with E-state index in [1.165, 1.54) is 25.3 Å². The monoisotopic (exact) mass is 206 g/mol. The molecular weight excluding hydrogens is 198 g/mol. The summed E-state index contributed by atoms with van der Waals surface area (Å²) in [5.41, 5.74) is 0.995. The third-order valence-corrected chi connectivity index (χ3v) is 1.67. The van der Waals surface area contributed by atoms with Crippen molar-refractivity contribution >= 4 is 12.0 Å². The molecule has 0 N–H and O–H groups in total. The molecule has 0 unspecified atom stereocenters. The molecule has 0 saturated carbocycles. The van der Waals surface area contributed by atoms with Crippen LogP contribution in [0.1, 0.15) is 15.9 Å². The van der Waals surface area contributed by atoms with Gasteiger partial charge >= 0.3 is 5.97 Å². The molecule has 0 amide bonds. The summed E-state index contributed by atoms with van der Waals surface area (Å²) in [5.74, 6) is -0.441. The molecule has 0 spiro atoms. The number of hydrogen-bond acceptors (Lipinski definition) is 4. The van der Waals surface area contributed by atoms with Gasteiger partial charge in [0.25, 0.3) is 0 Å². The van der Waals surface area contributed by atoms with Crippen molar-refractivity contribution in [3.8, 4) is 0 Å². The van der Waals surface area contributed by atoms with Gasteiger partial charge in [0.15, 0.2) is 0 Å². The zero-order chi connectivity index (χ0) is 11.3. The molecule has 0 radical (unpaired) electrons. The highest BCUT2D eigenvalue weighted by Gasteiger charge is 2.01. The van der Waals surface area contributed by atoms with Crippen LogP contribution in [-0.4, -0.2) is 18.0 Å². The molecule has 0 aliphatic rings. The van der Waals surface area contributed by atoms with Gasteiger partial charge in [0.1, 0.15) is 6.20 Å². The molecule has 1 rings (SSSR count). The molecule has 5 nitrogen and oxygen atoms in total. The topological polar surface area (TPSA) is 69.4 Å². The van der Waals surface area contributed by atoms with Gasteiger partial charge in [-0.2, -0.15) is 11.6 Å². The average Bonchev–Trinajstić information content (AvgIpc) is 2.26. The van der Waals surface area contributed by atoms with E-state index in [-0.39, 0.29) is 0 Å². The summed E-state index contributed by atoms with van der Waals surface area (Å²) in [7, 11) is 1.29. The van der Waals surface area contributed by atoms with Crippen LogP contribution in [-0.2, 0) is 4.74 Å². The van der Waals surface area contributed by atoms with Crippen LogP contribution in [0.5, 0.6) is 0 Å². The molecule has 1 aromatic carbocycles. The van der Waals surface area contributed by atoms with Gasteiger partial charge < -0.3 is 4.74 Å². The number of rotatable bonds is 3. The summed E-state index contributed by atoms with van der Waals surface area (Å²) in [6.07, 6.45) is 3.13. The Balaban J connectivity index is 2.81. The van der Waals surface area contributed by atoms with Crippen molar-refractivity contribution < 1.29 is 14.5 Å². The van der Waals surface area contributed by atoms with Crippen molar-refractivity contribution in [3.05, 3.63) is 51.7 Å². The van der Waals surface area contributed by atoms with Crippen LogP contribution >= 0.6 is 0 Å². The number of carbonyl (C=O) groups is 1. The van der Waals surface area contributed by atoms with Crippen LogP contribution in [0.25, 0.3) is 6.08 Å². The van der Waals surface area contributed by atoms with Crippen LogP contribution in [0.3, 0.4) is 0 Å². The Bertz CT molecular complexity index is 394. The normalized spacial score (nSPS) is 10.2. The van der Waals surface area contributed by atoms with E-state index in [2.05, 4.69) is 4.74 Å². The van der Waals surface area contributed by atoms with Crippen molar-refractivity contribution in [1.29, 1.82) is 0 Å². The Hall–Kier alpha value is -2.17. The lowest BCUT2D eigenvalue weighted by molar-refractivity contribution is -0.417. The smallest absolute Gasteiger partial charge is 0.337 e. The maximum Gasteiger partial charge on any atom is 0.337 e. The summed E-state index contributed by atoms with van der Waals surface area (Å²) >= 11 is 0. The van der Waals surface area contributed by atoms with Gasteiger partial charge in [-0.1, -0.05) is 12.1 Å². The highest BCUT2D eigenvalue weighted by Crippen LogP contribution is 2.06. The molecule has 15 heavy (non-hydrogen) atoms. The first-order valence-corrected chi connectivity index (χ1v) is 4.05. The van der Waals surface area contributed by atoms with Crippen LogP contribution < -0.4 is 0 Å². The number of esters is 1. The second-order valence-electron chi connectivity index (χ2n) is 2.64. The Kier molecular flexibility index (Phi) is 3.56. The zero-order valence-electron chi connectivity index (χ0n) is 7.97. The Morgan fingerprint density at radius 1 is 1.47 bits per heavy atom. The largest absolute Gasteiger partial charge is 0.465 e. The van der Waals surface area contributed by atoms with Gasteiger partial charge in [-0.05, 0) is 4.92 Å². The molecular formula is C10H8NO4-. The van der Waals surface area contributed by atoms with Crippen LogP contribution in [0.15, 0.2) is 24.3 Å². The van der Waals surface area contributed by atoms with E-state index in [1.54, 1.807) is 12.1 Å². The van der Waals surface area contributed by atoms with E-state index in [1.807, 2.05) is 6.20 Å². The molecule has 0 heterocycles. The van der Waals surface area contributed by atoms with Crippen molar-refractivity contribution in [2.45, 2.75) is 0 Å². The van der Waals surface area contributed by atoms with Crippen LogP contribution in [0, 0.1) is 16.3 Å². The second-order valence-corrected chi connectivity index (χ2v) is 2.64. The number of hydrogen-bond donors (Lipinski definition) is 0. The molecule has 0 saturated heterocycles. The van der Waals surface area contributed by atoms with Gasteiger partial charge in [0.05, 0.1) is 12.7 Å². The lowest BCUT2D eigenvalue weighted by Crippen LogP contribution is -2.00. The summed E-state index contributed by atoms with van der Waals surface area (Å²) in [6.45, 7) is 0. The maximum absolute atomic E-state index is 11.0. The first-order valence-electron chi connectivity index (χ1n) is 4.05. The molecule has 1 aromatic rings. The first-order chi connectivity index (χ1) is 7.13. The highest BCUT2D eigenvalue weighted by atomic mass is 16.6. The number of carbonyl (C=O) groups excluding carboxylic acids is 1. The average molecular weight is 206 g/mol. The fraction of sp³-hybridized carbons (Fsp3) is 0.100. The lowest BCUT2D eigenvalue weighted by Gasteiger charge is -2.03. The maximum atomic E-state index is 11.0. The zero-order valence-corrected chi connectivity index (χ0v) is 7.97. The van der Waals surface area contributed by atoms with Crippen molar-refractivity contribution in [3.63, 3.8) is 0 Å². The number of nitrogens with zero attached hydrogens (tertiary/aromatic N) is 1. The summed E-state index contributed by atoms with van der Waals surface area (Å²) in [4.78, 5) is 20.3. The third-order valence-electron chi connectivity index (χ3n) is 1.67. The van der Waals surface area contributed by atoms with Crippen molar-refractivity contribution in [2.75, 3.05) is 7.11 Å². The summed E-state index contributed by atoms with van der Waals surface area (Å²) in [6, 6.07) is 6.20. The van der Waals surface area contributed by atoms with Crippen molar-refractivity contribution in [1.82, 2.24) is 0 Å². The molecule has 0 aliphatic carbocycles. The van der Waals surface area contributed by atoms with Crippen molar-refractivity contribution in [2.24, 2.45) is 0 Å². The minimum atomic E-state index is -0.672. The number of methoxy groups -OCH3 is 1. The molecule has 0 aliphatic heterocycles. The predicted octanol–water partition coefficient (Wildman–Crippen LogP) is 1.52. The lowest BCUT2D eigenvalue weighted by atomic mass is 10.1. The number of nitro groups is 1. The fourth-order valence-corrected chi connectivity index (χ4v) is 0.961. The van der Waals surface area contributed by atoms with Gasteiger partial charge in [-0.15, -0.1) is 12.1 Å². The van der Waals surface area contributed by atoms with E-state index in [9.17, 15) is 14.9 Å². The molecule has 78 valence electrons. The van der Waals surface area contributed by atoms with Gasteiger partial charge in [0.2, 0.25) is 0 Å². The number of benzene rings is 1. The Morgan fingerprint density at radius 3 is 2.53 bits per heavy atom. The van der Waals surface area contributed by atoms with Gasteiger partial charge in [0, 0.05) is 0 Å². The Morgan fingerprint density at radius 2 is 2.07 bits per heavy atom. The van der Waals surface area contributed by atoms with E-state index < -0.39 is 10.9 Å². The summed E-state index contributed by atoms with van der Waals surface area (Å²) < 4.78 is 4.50.